The molecule has 0 N–H and O–H groups in total. The molecule has 1 aliphatic carbocycles. The number of benzene rings is 1. The molecular weight excluding hydrogens is 228 g/mol. The second-order valence-electron chi connectivity index (χ2n) is 5.03. The second kappa shape index (κ2) is 4.12. The average molecular weight is 244 g/mol. The van der Waals surface area contributed by atoms with Gasteiger partial charge in [-0.3, -0.25) is 0 Å². The summed E-state index contributed by atoms with van der Waals surface area (Å²) in [5.74, 6) is 0.243. The maximum atomic E-state index is 12.5. The molecule has 94 valence electrons. The minimum atomic E-state index is 0.243. The van der Waals surface area contributed by atoms with E-state index in [1.54, 1.807) is 31.2 Å². The van der Waals surface area contributed by atoms with E-state index in [1.807, 2.05) is 0 Å². The maximum absolute atomic E-state index is 12.5. The summed E-state index contributed by atoms with van der Waals surface area (Å²) in [6.07, 6.45) is 4.33. The molecule has 0 amide bonds. The van der Waals surface area contributed by atoms with Crippen molar-refractivity contribution in [2.24, 2.45) is 0 Å². The maximum Gasteiger partial charge on any atom is 0.286 e. The highest BCUT2D eigenvalue weighted by atomic mass is 16.5. The molecule has 1 aromatic carbocycles. The van der Waals surface area contributed by atoms with Crippen molar-refractivity contribution >= 4 is 11.0 Å². The molecule has 0 spiro atoms. The monoisotopic (exact) mass is 244 g/mol. The Balaban J connectivity index is 2.35. The largest absolute Gasteiger partial charge is 0.805 e. The van der Waals surface area contributed by atoms with E-state index in [0.29, 0.717) is 22.4 Å². The highest BCUT2D eigenvalue weighted by Crippen LogP contribution is 2.34. The predicted molar refractivity (Wildman–Crippen MR) is 70.0 cm³/mol. The van der Waals surface area contributed by atoms with Crippen molar-refractivity contribution in [1.82, 2.24) is 4.73 Å². The Morgan fingerprint density at radius 1 is 1.28 bits per heavy atom. The van der Waals surface area contributed by atoms with Gasteiger partial charge in [-0.1, -0.05) is 25.0 Å². The molecule has 0 bridgehead atoms. The number of para-hydroxylation sites is 2. The molecule has 1 aliphatic rings. The lowest BCUT2D eigenvalue weighted by molar-refractivity contribution is -0.478. The predicted octanol–water partition coefficient (Wildman–Crippen LogP) is 2.87. The van der Waals surface area contributed by atoms with Crippen LogP contribution in [0.2, 0.25) is 0 Å². The van der Waals surface area contributed by atoms with Gasteiger partial charge in [0.1, 0.15) is 5.52 Å². The smallest absolute Gasteiger partial charge is 0.286 e. The summed E-state index contributed by atoms with van der Waals surface area (Å²) in [7, 11) is 0. The quantitative estimate of drug-likeness (QED) is 0.724. The fourth-order valence-corrected chi connectivity index (χ4v) is 3.03. The second-order valence-corrected chi connectivity index (χ2v) is 5.03. The van der Waals surface area contributed by atoms with Crippen LogP contribution in [0.25, 0.3) is 11.0 Å². The Bertz CT molecular complexity index is 655. The normalized spacial score (nSPS) is 16.5. The van der Waals surface area contributed by atoms with Crippen molar-refractivity contribution in [2.75, 3.05) is 0 Å². The van der Waals surface area contributed by atoms with E-state index in [4.69, 9.17) is 0 Å². The fraction of sp³-hybridized carbons (Fsp3) is 0.429. The molecule has 1 saturated carbocycles. The third-order valence-corrected chi connectivity index (χ3v) is 3.96. The number of nitrogens with zero attached hydrogens (tertiary/aromatic N) is 2. The van der Waals surface area contributed by atoms with Gasteiger partial charge >= 0.3 is 0 Å². The fourth-order valence-electron chi connectivity index (χ4n) is 3.03. The van der Waals surface area contributed by atoms with Crippen LogP contribution in [0.5, 0.6) is 0 Å². The highest BCUT2D eigenvalue weighted by Gasteiger charge is 2.30. The van der Waals surface area contributed by atoms with Gasteiger partial charge in [0.25, 0.3) is 11.2 Å². The van der Waals surface area contributed by atoms with Gasteiger partial charge in [-0.05, 0) is 25.8 Å². The zero-order valence-electron chi connectivity index (χ0n) is 10.4. The highest BCUT2D eigenvalue weighted by molar-refractivity contribution is 5.72. The molecule has 0 unspecified atom stereocenters. The van der Waals surface area contributed by atoms with E-state index >= 15 is 0 Å². The first kappa shape index (κ1) is 11.3. The Hall–Kier alpha value is -1.84. The van der Waals surface area contributed by atoms with Gasteiger partial charge in [-0.25, -0.2) is 0 Å². The van der Waals surface area contributed by atoms with E-state index < -0.39 is 0 Å². The van der Waals surface area contributed by atoms with Crippen LogP contribution in [-0.2, 0) is 0 Å². The number of aromatic nitrogens is 2. The van der Waals surface area contributed by atoms with Crippen molar-refractivity contribution in [3.63, 3.8) is 0 Å². The van der Waals surface area contributed by atoms with Gasteiger partial charge in [-0.2, -0.15) is 0 Å². The van der Waals surface area contributed by atoms with Gasteiger partial charge < -0.3 is 9.94 Å². The lowest BCUT2D eigenvalue weighted by Crippen LogP contribution is -2.28. The summed E-state index contributed by atoms with van der Waals surface area (Å²) >= 11 is 0. The Labute approximate surface area is 105 Å². The summed E-state index contributed by atoms with van der Waals surface area (Å²) in [5, 5.41) is 12.2. The summed E-state index contributed by atoms with van der Waals surface area (Å²) in [5.41, 5.74) is 2.14. The van der Waals surface area contributed by atoms with Crippen LogP contribution in [0.3, 0.4) is 0 Å². The number of rotatable bonds is 1. The zero-order chi connectivity index (χ0) is 12.7. The van der Waals surface area contributed by atoms with Crippen LogP contribution in [0, 0.1) is 17.0 Å². The molecule has 0 radical (unpaired) electrons. The van der Waals surface area contributed by atoms with Crippen LogP contribution in [-0.4, -0.2) is 4.73 Å². The summed E-state index contributed by atoms with van der Waals surface area (Å²) < 4.78 is 1.87. The lowest BCUT2D eigenvalue weighted by atomic mass is 10.0. The van der Waals surface area contributed by atoms with E-state index in [-0.39, 0.29) is 5.92 Å². The minimum Gasteiger partial charge on any atom is -0.805 e. The van der Waals surface area contributed by atoms with Crippen LogP contribution < -0.4 is 4.43 Å². The molecular formula is C14H16N2O2. The third kappa shape index (κ3) is 1.52. The summed E-state index contributed by atoms with van der Waals surface area (Å²) in [4.78, 5) is 12.5. The standard InChI is InChI=1S/C14H16N2O2/c1-10-14(11-6-2-3-7-11)16(18)13-9-5-4-8-12(13)15(10)17/h4-5,8-9,11H,2-3,6-7H2,1H3. The SMILES string of the molecule is Cc1c(C2CCCC2)[n+](=O)c2ccccc2n1[O-]. The molecule has 3 rings (SSSR count). The molecule has 1 fully saturated rings. The van der Waals surface area contributed by atoms with Crippen molar-refractivity contribution in [1.29, 1.82) is 0 Å². The molecule has 4 heteroatoms. The summed E-state index contributed by atoms with van der Waals surface area (Å²) in [6.45, 7) is 1.75. The third-order valence-electron chi connectivity index (χ3n) is 3.96. The average Bonchev–Trinajstić information content (AvgIpc) is 2.90. The minimum absolute atomic E-state index is 0.243. The van der Waals surface area contributed by atoms with Crippen molar-refractivity contribution in [2.45, 2.75) is 38.5 Å². The molecule has 2 aromatic rings. The van der Waals surface area contributed by atoms with Crippen LogP contribution in [0.15, 0.2) is 24.3 Å². The topological polar surface area (TPSA) is 51.0 Å². The first-order chi connectivity index (χ1) is 8.70. The molecule has 1 heterocycles. The van der Waals surface area contributed by atoms with Crippen LogP contribution in [0.1, 0.15) is 43.0 Å². The first-order valence-electron chi connectivity index (χ1n) is 6.44. The van der Waals surface area contributed by atoms with E-state index in [2.05, 4.69) is 0 Å². The van der Waals surface area contributed by atoms with Gasteiger partial charge in [0.05, 0.1) is 16.0 Å². The Kier molecular flexibility index (Phi) is 2.58. The Morgan fingerprint density at radius 3 is 2.67 bits per heavy atom. The molecule has 0 saturated heterocycles. The van der Waals surface area contributed by atoms with Crippen molar-refractivity contribution in [3.8, 4) is 0 Å². The first-order valence-corrected chi connectivity index (χ1v) is 6.44. The number of hydrogen-bond donors (Lipinski definition) is 0. The van der Waals surface area contributed by atoms with Crippen molar-refractivity contribution in [3.05, 3.63) is 45.8 Å². The lowest BCUT2D eigenvalue weighted by Gasteiger charge is -2.18. The zero-order valence-corrected chi connectivity index (χ0v) is 10.4. The number of hydrogen-bond acceptors (Lipinski definition) is 2. The van der Waals surface area contributed by atoms with Gasteiger partial charge in [0.2, 0.25) is 0 Å². The van der Waals surface area contributed by atoms with E-state index in [0.717, 1.165) is 34.8 Å². The molecule has 0 atom stereocenters. The van der Waals surface area contributed by atoms with E-state index in [9.17, 15) is 10.1 Å². The van der Waals surface area contributed by atoms with Gasteiger partial charge in [0.15, 0.2) is 0 Å². The van der Waals surface area contributed by atoms with Crippen molar-refractivity contribution < 1.29 is 4.43 Å². The molecule has 0 aliphatic heterocycles. The number of fused-ring (bicyclic) bond motifs is 1. The van der Waals surface area contributed by atoms with Gasteiger partial charge in [-0.15, -0.1) is 0 Å². The molecule has 1 aromatic heterocycles. The van der Waals surface area contributed by atoms with Crippen LogP contribution >= 0.6 is 0 Å². The van der Waals surface area contributed by atoms with E-state index in [1.165, 1.54) is 0 Å². The van der Waals surface area contributed by atoms with Crippen LogP contribution in [0.4, 0.5) is 0 Å². The Morgan fingerprint density at radius 2 is 1.94 bits per heavy atom. The summed E-state index contributed by atoms with van der Waals surface area (Å²) in [6, 6.07) is 6.99. The van der Waals surface area contributed by atoms with Gasteiger partial charge in [0, 0.05) is 11.0 Å². The molecule has 18 heavy (non-hydrogen) atoms. The molecule has 4 nitrogen and oxygen atoms in total.